The molecule has 1 saturated heterocycles. The summed E-state index contributed by atoms with van der Waals surface area (Å²) in [6, 6.07) is 7.42. The maximum Gasteiger partial charge on any atom is 0.309 e. The summed E-state index contributed by atoms with van der Waals surface area (Å²) in [5.74, 6) is -1.19. The summed E-state index contributed by atoms with van der Waals surface area (Å²) in [7, 11) is -2.24. The molecule has 0 unspecified atom stereocenters. The Labute approximate surface area is 163 Å². The number of nitrogens with zero attached hydrogens (tertiary/aromatic N) is 2. The van der Waals surface area contributed by atoms with Crippen LogP contribution in [-0.4, -0.2) is 43.9 Å². The lowest BCUT2D eigenvalue weighted by atomic mass is 9.98. The minimum atomic E-state index is -3.61. The molecule has 1 aliphatic heterocycles. The molecule has 0 aliphatic carbocycles. The highest BCUT2D eigenvalue weighted by Crippen LogP contribution is 2.25. The minimum Gasteiger partial charge on any atom is -0.494 e. The van der Waals surface area contributed by atoms with Gasteiger partial charge in [-0.25, -0.2) is 12.8 Å². The van der Waals surface area contributed by atoms with Crippen molar-refractivity contribution in [2.24, 2.45) is 5.92 Å². The largest absolute Gasteiger partial charge is 0.494 e. The van der Waals surface area contributed by atoms with Gasteiger partial charge in [-0.05, 0) is 42.7 Å². The number of ether oxygens (including phenoxy) is 2. The Hall–Kier alpha value is -2.52. The van der Waals surface area contributed by atoms with Gasteiger partial charge in [0.25, 0.3) is 0 Å². The number of carbonyl (C=O) groups excluding carboxylic acids is 1. The predicted octanol–water partition coefficient (Wildman–Crippen LogP) is 2.37. The average molecular weight is 408 g/mol. The molecule has 150 valence electrons. The first-order chi connectivity index (χ1) is 13.4. The highest BCUT2D eigenvalue weighted by Gasteiger charge is 2.32. The lowest BCUT2D eigenvalue weighted by Crippen LogP contribution is -2.40. The maximum atomic E-state index is 13.7. The molecule has 0 spiro atoms. The van der Waals surface area contributed by atoms with Gasteiger partial charge in [0, 0.05) is 25.5 Å². The van der Waals surface area contributed by atoms with Gasteiger partial charge in [0.2, 0.25) is 10.0 Å². The van der Waals surface area contributed by atoms with Crippen LogP contribution in [0.1, 0.15) is 18.4 Å². The van der Waals surface area contributed by atoms with Gasteiger partial charge in [0.15, 0.2) is 11.6 Å². The summed E-state index contributed by atoms with van der Waals surface area (Å²) in [4.78, 5) is 16.3. The Kier molecular flexibility index (Phi) is 6.25. The van der Waals surface area contributed by atoms with Crippen molar-refractivity contribution >= 4 is 16.0 Å². The number of piperidine rings is 1. The lowest BCUT2D eigenvalue weighted by molar-refractivity contribution is -0.151. The zero-order valence-electron chi connectivity index (χ0n) is 15.4. The third-order valence-electron chi connectivity index (χ3n) is 4.66. The molecule has 2 aromatic rings. The number of hydrogen-bond acceptors (Lipinski definition) is 6. The Morgan fingerprint density at radius 1 is 1.29 bits per heavy atom. The molecule has 7 nitrogen and oxygen atoms in total. The van der Waals surface area contributed by atoms with Crippen LogP contribution in [0.5, 0.6) is 5.75 Å². The highest BCUT2D eigenvalue weighted by atomic mass is 32.2. The zero-order valence-corrected chi connectivity index (χ0v) is 16.2. The molecule has 0 bridgehead atoms. The van der Waals surface area contributed by atoms with E-state index in [9.17, 15) is 17.6 Å². The van der Waals surface area contributed by atoms with Gasteiger partial charge in [-0.3, -0.25) is 9.78 Å². The first kappa shape index (κ1) is 20.2. The van der Waals surface area contributed by atoms with Crippen molar-refractivity contribution in [3.8, 4) is 5.75 Å². The number of hydrogen-bond donors (Lipinski definition) is 0. The molecular formula is C19H21FN2O5S. The quantitative estimate of drug-likeness (QED) is 0.682. The fourth-order valence-corrected chi connectivity index (χ4v) is 4.49. The van der Waals surface area contributed by atoms with Crippen molar-refractivity contribution in [2.45, 2.75) is 24.3 Å². The number of benzene rings is 1. The number of esters is 1. The van der Waals surface area contributed by atoms with E-state index in [0.717, 1.165) is 0 Å². The summed E-state index contributed by atoms with van der Waals surface area (Å²) in [6.45, 7) is 0.413. The average Bonchev–Trinajstić information content (AvgIpc) is 2.73. The summed E-state index contributed by atoms with van der Waals surface area (Å²) in [5, 5.41) is 0. The van der Waals surface area contributed by atoms with Crippen LogP contribution in [-0.2, 0) is 26.2 Å². The van der Waals surface area contributed by atoms with Crippen molar-refractivity contribution in [1.82, 2.24) is 9.29 Å². The van der Waals surface area contributed by atoms with Crippen LogP contribution in [0.15, 0.2) is 47.6 Å². The second kappa shape index (κ2) is 8.66. The maximum absolute atomic E-state index is 13.7. The molecule has 0 atom stereocenters. The second-order valence-electron chi connectivity index (χ2n) is 6.44. The van der Waals surface area contributed by atoms with Crippen LogP contribution in [0.3, 0.4) is 0 Å². The number of methoxy groups -OCH3 is 1. The highest BCUT2D eigenvalue weighted by molar-refractivity contribution is 7.89. The van der Waals surface area contributed by atoms with E-state index in [0.29, 0.717) is 18.4 Å². The molecule has 1 aromatic heterocycles. The summed E-state index contributed by atoms with van der Waals surface area (Å²) >= 11 is 0. The number of rotatable bonds is 6. The van der Waals surface area contributed by atoms with E-state index in [-0.39, 0.29) is 36.3 Å². The standard InChI is InChI=1S/C19H21FN2O5S/c1-26-18-5-4-14(11-17(18)20)13-27-19(23)15-6-9-22(10-7-15)28(24,25)16-3-2-8-21-12-16/h2-5,8,11-12,15H,6-7,9-10,13H2,1H3. The Balaban J connectivity index is 1.53. The van der Waals surface area contributed by atoms with E-state index >= 15 is 0 Å². The zero-order chi connectivity index (χ0) is 20.1. The Morgan fingerprint density at radius 2 is 2.04 bits per heavy atom. The molecule has 28 heavy (non-hydrogen) atoms. The number of halogens is 1. The molecule has 9 heteroatoms. The van der Waals surface area contributed by atoms with E-state index in [1.165, 1.54) is 42.0 Å². The Morgan fingerprint density at radius 3 is 2.64 bits per heavy atom. The molecule has 1 fully saturated rings. The van der Waals surface area contributed by atoms with Crippen LogP contribution in [0.2, 0.25) is 0 Å². The minimum absolute atomic E-state index is 0.0477. The fourth-order valence-electron chi connectivity index (χ4n) is 3.05. The van der Waals surface area contributed by atoms with Crippen molar-refractivity contribution < 1.29 is 27.1 Å². The van der Waals surface area contributed by atoms with Gasteiger partial charge < -0.3 is 9.47 Å². The first-order valence-corrected chi connectivity index (χ1v) is 10.2. The normalized spacial score (nSPS) is 15.9. The molecule has 0 amide bonds. The predicted molar refractivity (Wildman–Crippen MR) is 98.5 cm³/mol. The molecule has 0 N–H and O–H groups in total. The molecule has 3 rings (SSSR count). The van der Waals surface area contributed by atoms with Gasteiger partial charge in [0.1, 0.15) is 11.5 Å². The van der Waals surface area contributed by atoms with Crippen molar-refractivity contribution in [2.75, 3.05) is 20.2 Å². The van der Waals surface area contributed by atoms with Crippen LogP contribution >= 0.6 is 0 Å². The van der Waals surface area contributed by atoms with Gasteiger partial charge in [-0.2, -0.15) is 4.31 Å². The van der Waals surface area contributed by atoms with Crippen molar-refractivity contribution in [1.29, 1.82) is 0 Å². The monoisotopic (exact) mass is 408 g/mol. The van der Waals surface area contributed by atoms with Gasteiger partial charge in [0.05, 0.1) is 13.0 Å². The van der Waals surface area contributed by atoms with Crippen LogP contribution in [0.25, 0.3) is 0 Å². The smallest absolute Gasteiger partial charge is 0.309 e. The number of carbonyl (C=O) groups is 1. The third kappa shape index (κ3) is 4.48. The summed E-state index contributed by atoms with van der Waals surface area (Å²) < 4.78 is 50.3. The van der Waals surface area contributed by atoms with Crippen LogP contribution < -0.4 is 4.74 Å². The SMILES string of the molecule is COc1ccc(COC(=O)C2CCN(S(=O)(=O)c3cccnc3)CC2)cc1F. The van der Waals surface area contributed by atoms with Crippen LogP contribution in [0, 0.1) is 11.7 Å². The van der Waals surface area contributed by atoms with Crippen molar-refractivity contribution in [3.05, 3.63) is 54.1 Å². The van der Waals surface area contributed by atoms with E-state index in [2.05, 4.69) is 4.98 Å². The lowest BCUT2D eigenvalue weighted by Gasteiger charge is -2.30. The van der Waals surface area contributed by atoms with E-state index in [1.807, 2.05) is 0 Å². The van der Waals surface area contributed by atoms with Gasteiger partial charge in [-0.15, -0.1) is 0 Å². The van der Waals surface area contributed by atoms with E-state index in [4.69, 9.17) is 9.47 Å². The third-order valence-corrected chi connectivity index (χ3v) is 6.54. The van der Waals surface area contributed by atoms with Gasteiger partial charge >= 0.3 is 5.97 Å². The molecule has 0 radical (unpaired) electrons. The first-order valence-electron chi connectivity index (χ1n) is 8.81. The Bertz CT molecular complexity index is 929. The molecule has 1 aromatic carbocycles. The van der Waals surface area contributed by atoms with Crippen LogP contribution in [0.4, 0.5) is 4.39 Å². The fraction of sp³-hybridized carbons (Fsp3) is 0.368. The van der Waals surface area contributed by atoms with Gasteiger partial charge in [-0.1, -0.05) is 6.07 Å². The van der Waals surface area contributed by atoms with E-state index in [1.54, 1.807) is 12.1 Å². The summed E-state index contributed by atoms with van der Waals surface area (Å²) in [5.41, 5.74) is 0.517. The molecule has 0 saturated carbocycles. The number of sulfonamides is 1. The van der Waals surface area contributed by atoms with E-state index < -0.39 is 21.8 Å². The van der Waals surface area contributed by atoms with Crippen molar-refractivity contribution in [3.63, 3.8) is 0 Å². The number of aromatic nitrogens is 1. The molecular weight excluding hydrogens is 387 g/mol. The second-order valence-corrected chi connectivity index (χ2v) is 8.38. The summed E-state index contributed by atoms with van der Waals surface area (Å²) in [6.07, 6.45) is 3.56. The topological polar surface area (TPSA) is 85.8 Å². The molecule has 1 aliphatic rings. The molecule has 2 heterocycles. The number of pyridine rings is 1.